The smallest absolute Gasteiger partial charge is 0.270 e. The van der Waals surface area contributed by atoms with E-state index < -0.39 is 5.91 Å². The van der Waals surface area contributed by atoms with Crippen molar-refractivity contribution in [1.29, 1.82) is 0 Å². The highest BCUT2D eigenvalue weighted by Crippen LogP contribution is 2.52. The number of benzene rings is 1. The van der Waals surface area contributed by atoms with Crippen LogP contribution in [0.1, 0.15) is 22.3 Å². The van der Waals surface area contributed by atoms with Gasteiger partial charge in [0.25, 0.3) is 17.7 Å². The van der Waals surface area contributed by atoms with Crippen molar-refractivity contribution >= 4 is 17.7 Å². The zero-order valence-electron chi connectivity index (χ0n) is 12.2. The minimum Gasteiger partial charge on any atom is -0.272 e. The summed E-state index contributed by atoms with van der Waals surface area (Å²) in [7, 11) is 0. The van der Waals surface area contributed by atoms with Crippen LogP contribution in [0.3, 0.4) is 0 Å². The van der Waals surface area contributed by atoms with Crippen LogP contribution in [0.15, 0.2) is 36.4 Å². The number of allylic oxidation sites excluding steroid dienone is 2. The summed E-state index contributed by atoms with van der Waals surface area (Å²) in [6.07, 6.45) is 4.94. The Morgan fingerprint density at radius 1 is 1.14 bits per heavy atom. The molecule has 1 aromatic carbocycles. The summed E-state index contributed by atoms with van der Waals surface area (Å²) in [4.78, 5) is 37.2. The van der Waals surface area contributed by atoms with Gasteiger partial charge in [0.05, 0.1) is 11.8 Å². The molecular weight excluding hydrogens is 280 g/mol. The molecule has 5 nitrogen and oxygen atoms in total. The van der Waals surface area contributed by atoms with Gasteiger partial charge >= 0.3 is 0 Å². The highest BCUT2D eigenvalue weighted by molar-refractivity contribution is 6.08. The van der Waals surface area contributed by atoms with Crippen LogP contribution in [-0.2, 0) is 9.59 Å². The zero-order chi connectivity index (χ0) is 15.4. The van der Waals surface area contributed by atoms with Gasteiger partial charge in [-0.1, -0.05) is 29.8 Å². The third-order valence-corrected chi connectivity index (χ3v) is 4.96. The van der Waals surface area contributed by atoms with Gasteiger partial charge in [-0.25, -0.2) is 0 Å². The first-order valence-corrected chi connectivity index (χ1v) is 7.50. The molecule has 1 heterocycles. The first kappa shape index (κ1) is 13.2. The van der Waals surface area contributed by atoms with Crippen molar-refractivity contribution in [2.24, 2.45) is 23.7 Å². The second-order valence-electron chi connectivity index (χ2n) is 6.32. The number of imide groups is 1. The molecule has 1 aliphatic heterocycles. The van der Waals surface area contributed by atoms with Crippen molar-refractivity contribution in [1.82, 2.24) is 10.4 Å². The van der Waals surface area contributed by atoms with E-state index in [1.165, 1.54) is 0 Å². The maximum atomic E-state index is 12.5. The molecule has 5 heteroatoms. The van der Waals surface area contributed by atoms with Gasteiger partial charge in [-0.2, -0.15) is 5.01 Å². The number of hydrogen-bond donors (Lipinski definition) is 1. The Hall–Kier alpha value is -2.43. The highest BCUT2D eigenvalue weighted by atomic mass is 16.2. The van der Waals surface area contributed by atoms with Gasteiger partial charge < -0.3 is 0 Å². The molecule has 4 unspecified atom stereocenters. The fourth-order valence-corrected chi connectivity index (χ4v) is 3.96. The van der Waals surface area contributed by atoms with Crippen molar-refractivity contribution in [3.8, 4) is 0 Å². The minimum atomic E-state index is -0.425. The number of aryl methyl sites for hydroxylation is 1. The van der Waals surface area contributed by atoms with Crippen molar-refractivity contribution in [3.63, 3.8) is 0 Å². The Kier molecular flexibility index (Phi) is 2.73. The maximum Gasteiger partial charge on any atom is 0.270 e. The van der Waals surface area contributed by atoms with E-state index in [1.54, 1.807) is 18.2 Å². The second kappa shape index (κ2) is 4.53. The molecule has 1 aromatic rings. The van der Waals surface area contributed by atoms with Crippen LogP contribution in [0, 0.1) is 30.6 Å². The Morgan fingerprint density at radius 3 is 2.36 bits per heavy atom. The summed E-state index contributed by atoms with van der Waals surface area (Å²) in [5.74, 6) is -1.26. The van der Waals surface area contributed by atoms with Gasteiger partial charge in [0.1, 0.15) is 0 Å². The maximum absolute atomic E-state index is 12.5. The summed E-state index contributed by atoms with van der Waals surface area (Å²) in [6.45, 7) is 1.89. The molecule has 22 heavy (non-hydrogen) atoms. The number of carbonyl (C=O) groups is 3. The first-order chi connectivity index (χ1) is 10.6. The number of nitrogens with zero attached hydrogens (tertiary/aromatic N) is 1. The van der Waals surface area contributed by atoms with E-state index in [0.29, 0.717) is 5.56 Å². The lowest BCUT2D eigenvalue weighted by Gasteiger charge is -2.18. The standard InChI is InChI=1S/C17H16N2O3/c1-9-3-2-4-12(7-9)15(20)18-19-16(21)13-10-5-6-11(8-10)14(13)17(19)22/h2-7,10-11,13-14H,8H2,1H3,(H,18,20). The van der Waals surface area contributed by atoms with E-state index in [4.69, 9.17) is 0 Å². The number of carbonyl (C=O) groups excluding carboxylic acids is 3. The summed E-state index contributed by atoms with van der Waals surface area (Å²) in [5, 5.41) is 0.937. The molecule has 2 bridgehead atoms. The van der Waals surface area contributed by atoms with Crippen molar-refractivity contribution in [2.75, 3.05) is 0 Å². The molecule has 1 saturated heterocycles. The number of fused-ring (bicyclic) bond motifs is 5. The Labute approximate surface area is 128 Å². The number of amides is 3. The van der Waals surface area contributed by atoms with Crippen molar-refractivity contribution < 1.29 is 14.4 Å². The van der Waals surface area contributed by atoms with Crippen LogP contribution in [0.5, 0.6) is 0 Å². The average molecular weight is 296 g/mol. The fourth-order valence-electron chi connectivity index (χ4n) is 3.96. The molecule has 4 rings (SSSR count). The van der Waals surface area contributed by atoms with E-state index in [-0.39, 0.29) is 35.5 Å². The molecule has 1 N–H and O–H groups in total. The van der Waals surface area contributed by atoms with Crippen molar-refractivity contribution in [2.45, 2.75) is 13.3 Å². The average Bonchev–Trinajstić information content (AvgIpc) is 3.17. The van der Waals surface area contributed by atoms with E-state index in [1.807, 2.05) is 25.1 Å². The van der Waals surface area contributed by atoms with E-state index >= 15 is 0 Å². The summed E-state index contributed by atoms with van der Waals surface area (Å²) >= 11 is 0. The number of rotatable bonds is 2. The minimum absolute atomic E-state index is 0.146. The van der Waals surface area contributed by atoms with Gasteiger partial charge in [-0.3, -0.25) is 19.8 Å². The highest BCUT2D eigenvalue weighted by Gasteiger charge is 2.59. The number of hydrogen-bond acceptors (Lipinski definition) is 3. The quantitative estimate of drug-likeness (QED) is 0.663. The predicted molar refractivity (Wildman–Crippen MR) is 78.2 cm³/mol. The first-order valence-electron chi connectivity index (χ1n) is 7.50. The largest absolute Gasteiger partial charge is 0.272 e. The molecule has 3 aliphatic rings. The molecule has 4 atom stereocenters. The Bertz CT molecular complexity index is 694. The lowest BCUT2D eigenvalue weighted by molar-refractivity contribution is -0.143. The molecule has 3 amide bonds. The SMILES string of the molecule is Cc1cccc(C(=O)NN2C(=O)C3C4C=CC(C4)C3C2=O)c1. The monoisotopic (exact) mass is 296 g/mol. The number of nitrogens with one attached hydrogen (secondary N) is 1. The lowest BCUT2D eigenvalue weighted by Crippen LogP contribution is -2.47. The van der Waals surface area contributed by atoms with E-state index in [0.717, 1.165) is 17.0 Å². The molecule has 2 fully saturated rings. The second-order valence-corrected chi connectivity index (χ2v) is 6.32. The Balaban J connectivity index is 1.56. The van der Waals surface area contributed by atoms with Crippen LogP contribution in [0.2, 0.25) is 0 Å². The van der Waals surface area contributed by atoms with Crippen LogP contribution < -0.4 is 5.43 Å². The summed E-state index contributed by atoms with van der Waals surface area (Å²) in [5.41, 5.74) is 3.88. The molecule has 112 valence electrons. The third-order valence-electron chi connectivity index (χ3n) is 4.96. The van der Waals surface area contributed by atoms with Crippen LogP contribution >= 0.6 is 0 Å². The number of hydrazine groups is 1. The zero-order valence-corrected chi connectivity index (χ0v) is 12.2. The third kappa shape index (κ3) is 1.75. The molecule has 0 aromatic heterocycles. The van der Waals surface area contributed by atoms with E-state index in [9.17, 15) is 14.4 Å². The van der Waals surface area contributed by atoms with Gasteiger partial charge in [-0.05, 0) is 37.3 Å². The summed E-state index contributed by atoms with van der Waals surface area (Å²) < 4.78 is 0. The fraction of sp³-hybridized carbons (Fsp3) is 0.353. The summed E-state index contributed by atoms with van der Waals surface area (Å²) in [6, 6.07) is 7.05. The van der Waals surface area contributed by atoms with Gasteiger partial charge in [0.15, 0.2) is 0 Å². The normalized spacial score (nSPS) is 31.8. The molecule has 0 spiro atoms. The molecule has 2 aliphatic carbocycles. The van der Waals surface area contributed by atoms with Crippen LogP contribution in [0.25, 0.3) is 0 Å². The Morgan fingerprint density at radius 2 is 1.77 bits per heavy atom. The van der Waals surface area contributed by atoms with E-state index in [2.05, 4.69) is 5.43 Å². The van der Waals surface area contributed by atoms with Crippen LogP contribution in [0.4, 0.5) is 0 Å². The molecule has 1 saturated carbocycles. The van der Waals surface area contributed by atoms with Crippen LogP contribution in [-0.4, -0.2) is 22.7 Å². The molecular formula is C17H16N2O3. The topological polar surface area (TPSA) is 66.5 Å². The van der Waals surface area contributed by atoms with Gasteiger partial charge in [-0.15, -0.1) is 0 Å². The molecule has 0 radical (unpaired) electrons. The van der Waals surface area contributed by atoms with Gasteiger partial charge in [0, 0.05) is 5.56 Å². The lowest BCUT2D eigenvalue weighted by atomic mass is 9.85. The van der Waals surface area contributed by atoms with Crippen molar-refractivity contribution in [3.05, 3.63) is 47.5 Å². The van der Waals surface area contributed by atoms with Gasteiger partial charge in [0.2, 0.25) is 0 Å². The predicted octanol–water partition coefficient (Wildman–Crippen LogP) is 1.45.